The molecule has 1 aromatic rings. The van der Waals surface area contributed by atoms with Gasteiger partial charge in [-0.2, -0.15) is 0 Å². The maximum Gasteiger partial charge on any atom is 0.222 e. The number of hydrogen-bond donors (Lipinski definition) is 1. The highest BCUT2D eigenvalue weighted by molar-refractivity contribution is 6.35. The third kappa shape index (κ3) is 5.13. The lowest BCUT2D eigenvalue weighted by Crippen LogP contribution is -2.34. The normalized spacial score (nSPS) is 15.4. The van der Waals surface area contributed by atoms with Crippen LogP contribution < -0.4 is 5.32 Å². The second kappa shape index (κ2) is 8.73. The van der Waals surface area contributed by atoms with Crippen molar-refractivity contribution >= 4 is 41.5 Å². The van der Waals surface area contributed by atoms with Crippen molar-refractivity contribution in [3.8, 4) is 0 Å². The van der Waals surface area contributed by atoms with Crippen molar-refractivity contribution in [3.63, 3.8) is 0 Å². The molecule has 1 aliphatic heterocycles. The monoisotopic (exact) mass is 336 g/mol. The number of nitrogens with one attached hydrogen (secondary N) is 1. The first kappa shape index (κ1) is 17.6. The van der Waals surface area contributed by atoms with Crippen LogP contribution in [0.1, 0.15) is 18.4 Å². The van der Waals surface area contributed by atoms with Crippen LogP contribution in [0.3, 0.4) is 0 Å². The molecule has 2 rings (SSSR count). The Labute approximate surface area is 136 Å². The van der Waals surface area contributed by atoms with E-state index in [0.29, 0.717) is 22.9 Å². The first-order valence-corrected chi connectivity index (χ1v) is 7.35. The third-order valence-corrected chi connectivity index (χ3v) is 3.90. The van der Waals surface area contributed by atoms with Gasteiger partial charge in [0.15, 0.2) is 0 Å². The molecule has 0 aromatic heterocycles. The molecule has 0 unspecified atom stereocenters. The average Bonchev–Trinajstić information content (AvgIpc) is 2.66. The SMILES string of the molecule is Cl.O=C(CCc1ccc(Cl)cc1Cl)N1CCCNCC1. The first-order chi connectivity index (χ1) is 9.16. The summed E-state index contributed by atoms with van der Waals surface area (Å²) < 4.78 is 0. The minimum absolute atomic E-state index is 0. The van der Waals surface area contributed by atoms with Crippen LogP contribution >= 0.6 is 35.6 Å². The highest BCUT2D eigenvalue weighted by Crippen LogP contribution is 2.22. The van der Waals surface area contributed by atoms with E-state index in [1.54, 1.807) is 6.07 Å². The van der Waals surface area contributed by atoms with Crippen LogP contribution in [-0.2, 0) is 11.2 Å². The maximum atomic E-state index is 12.1. The van der Waals surface area contributed by atoms with Crippen molar-refractivity contribution in [2.45, 2.75) is 19.3 Å². The number of carbonyl (C=O) groups is 1. The lowest BCUT2D eigenvalue weighted by Gasteiger charge is -2.20. The molecule has 1 heterocycles. The van der Waals surface area contributed by atoms with E-state index in [-0.39, 0.29) is 18.3 Å². The largest absolute Gasteiger partial charge is 0.341 e. The van der Waals surface area contributed by atoms with Crippen molar-refractivity contribution in [1.82, 2.24) is 10.2 Å². The predicted octanol–water partition coefficient (Wildman–Crippen LogP) is 3.17. The Morgan fingerprint density at radius 3 is 2.80 bits per heavy atom. The summed E-state index contributed by atoms with van der Waals surface area (Å²) in [4.78, 5) is 14.1. The number of benzene rings is 1. The zero-order valence-corrected chi connectivity index (χ0v) is 13.5. The van der Waals surface area contributed by atoms with Gasteiger partial charge in [0.1, 0.15) is 0 Å². The Morgan fingerprint density at radius 1 is 1.25 bits per heavy atom. The molecule has 3 nitrogen and oxygen atoms in total. The van der Waals surface area contributed by atoms with E-state index in [0.717, 1.165) is 38.2 Å². The molecule has 1 aliphatic rings. The van der Waals surface area contributed by atoms with E-state index in [2.05, 4.69) is 5.32 Å². The van der Waals surface area contributed by atoms with Crippen LogP contribution in [-0.4, -0.2) is 37.0 Å². The Balaban J connectivity index is 0.00000200. The van der Waals surface area contributed by atoms with Crippen LogP contribution in [0.2, 0.25) is 10.0 Å². The van der Waals surface area contributed by atoms with Gasteiger partial charge in [-0.3, -0.25) is 4.79 Å². The van der Waals surface area contributed by atoms with Gasteiger partial charge in [-0.25, -0.2) is 0 Å². The molecular formula is C14H19Cl3N2O. The number of hydrogen-bond acceptors (Lipinski definition) is 2. The fourth-order valence-electron chi connectivity index (χ4n) is 2.22. The van der Waals surface area contributed by atoms with Crippen molar-refractivity contribution in [2.24, 2.45) is 0 Å². The molecule has 0 radical (unpaired) electrons. The smallest absolute Gasteiger partial charge is 0.222 e. The summed E-state index contributed by atoms with van der Waals surface area (Å²) >= 11 is 12.0. The van der Waals surface area contributed by atoms with Gasteiger partial charge in [0.25, 0.3) is 0 Å². The highest BCUT2D eigenvalue weighted by Gasteiger charge is 2.15. The number of nitrogens with zero attached hydrogens (tertiary/aromatic N) is 1. The predicted molar refractivity (Wildman–Crippen MR) is 86.1 cm³/mol. The molecule has 0 bridgehead atoms. The van der Waals surface area contributed by atoms with Gasteiger partial charge in [-0.15, -0.1) is 12.4 Å². The average molecular weight is 338 g/mol. The van der Waals surface area contributed by atoms with Gasteiger partial charge in [-0.05, 0) is 37.1 Å². The number of carbonyl (C=O) groups excluding carboxylic acids is 1. The van der Waals surface area contributed by atoms with E-state index in [1.165, 1.54) is 0 Å². The highest BCUT2D eigenvalue weighted by atomic mass is 35.5. The topological polar surface area (TPSA) is 32.3 Å². The van der Waals surface area contributed by atoms with E-state index in [9.17, 15) is 4.79 Å². The molecular weight excluding hydrogens is 319 g/mol. The molecule has 112 valence electrons. The third-order valence-electron chi connectivity index (χ3n) is 3.32. The summed E-state index contributed by atoms with van der Waals surface area (Å²) in [5.41, 5.74) is 0.979. The molecule has 0 atom stereocenters. The van der Waals surface area contributed by atoms with Crippen LogP contribution in [0, 0.1) is 0 Å². The van der Waals surface area contributed by atoms with E-state index in [4.69, 9.17) is 23.2 Å². The Kier molecular flexibility index (Phi) is 7.67. The lowest BCUT2D eigenvalue weighted by molar-refractivity contribution is -0.130. The molecule has 0 aliphatic carbocycles. The van der Waals surface area contributed by atoms with Gasteiger partial charge in [0, 0.05) is 36.1 Å². The summed E-state index contributed by atoms with van der Waals surface area (Å²) in [5.74, 6) is 0.203. The van der Waals surface area contributed by atoms with Gasteiger partial charge in [0.2, 0.25) is 5.91 Å². The van der Waals surface area contributed by atoms with E-state index in [1.807, 2.05) is 17.0 Å². The Morgan fingerprint density at radius 2 is 2.05 bits per heavy atom. The fourth-order valence-corrected chi connectivity index (χ4v) is 2.72. The van der Waals surface area contributed by atoms with Crippen molar-refractivity contribution in [1.29, 1.82) is 0 Å². The molecule has 0 spiro atoms. The van der Waals surface area contributed by atoms with Crippen molar-refractivity contribution in [2.75, 3.05) is 26.2 Å². The van der Waals surface area contributed by atoms with E-state index >= 15 is 0 Å². The summed E-state index contributed by atoms with van der Waals surface area (Å²) in [6.45, 7) is 3.52. The fraction of sp³-hybridized carbons (Fsp3) is 0.500. The number of amides is 1. The van der Waals surface area contributed by atoms with Gasteiger partial charge in [0.05, 0.1) is 0 Å². The van der Waals surface area contributed by atoms with Crippen LogP contribution in [0.4, 0.5) is 0 Å². The lowest BCUT2D eigenvalue weighted by atomic mass is 10.1. The molecule has 20 heavy (non-hydrogen) atoms. The number of halogens is 3. The second-order valence-electron chi connectivity index (χ2n) is 4.72. The molecule has 6 heteroatoms. The Hall–Kier alpha value is -0.480. The molecule has 1 aromatic carbocycles. The molecule has 0 saturated carbocycles. The number of rotatable bonds is 3. The summed E-state index contributed by atoms with van der Waals surface area (Å²) in [5, 5.41) is 4.55. The second-order valence-corrected chi connectivity index (χ2v) is 5.56. The molecule has 1 saturated heterocycles. The standard InChI is InChI=1S/C14H18Cl2N2O.ClH/c15-12-4-2-11(13(16)10-12)3-5-14(19)18-8-1-6-17-7-9-18;/h2,4,10,17H,1,3,5-9H2;1H. The Bertz CT molecular complexity index is 446. The summed E-state index contributed by atoms with van der Waals surface area (Å²) in [6.07, 6.45) is 2.19. The molecule has 1 amide bonds. The van der Waals surface area contributed by atoms with Crippen molar-refractivity contribution < 1.29 is 4.79 Å². The van der Waals surface area contributed by atoms with Crippen LogP contribution in [0.15, 0.2) is 18.2 Å². The van der Waals surface area contributed by atoms with Crippen molar-refractivity contribution in [3.05, 3.63) is 33.8 Å². The minimum atomic E-state index is 0. The zero-order chi connectivity index (χ0) is 13.7. The minimum Gasteiger partial charge on any atom is -0.341 e. The summed E-state index contributed by atoms with van der Waals surface area (Å²) in [7, 11) is 0. The van der Waals surface area contributed by atoms with Gasteiger partial charge in [-0.1, -0.05) is 29.3 Å². The zero-order valence-electron chi connectivity index (χ0n) is 11.2. The van der Waals surface area contributed by atoms with Gasteiger partial charge < -0.3 is 10.2 Å². The van der Waals surface area contributed by atoms with E-state index < -0.39 is 0 Å². The number of aryl methyl sites for hydroxylation is 1. The van der Waals surface area contributed by atoms with Crippen LogP contribution in [0.25, 0.3) is 0 Å². The first-order valence-electron chi connectivity index (χ1n) is 6.59. The molecule has 1 N–H and O–H groups in total. The molecule has 1 fully saturated rings. The summed E-state index contributed by atoms with van der Waals surface area (Å²) in [6, 6.07) is 5.42. The quantitative estimate of drug-likeness (QED) is 0.919. The van der Waals surface area contributed by atoms with Crippen LogP contribution in [0.5, 0.6) is 0 Å². The van der Waals surface area contributed by atoms with Gasteiger partial charge >= 0.3 is 0 Å². The maximum absolute atomic E-state index is 12.1.